The lowest BCUT2D eigenvalue weighted by Crippen LogP contribution is -2.15. The molecule has 0 saturated carbocycles. The summed E-state index contributed by atoms with van der Waals surface area (Å²) in [6.45, 7) is 6.23. The summed E-state index contributed by atoms with van der Waals surface area (Å²) in [5.74, 6) is 1.51. The Morgan fingerprint density at radius 3 is 2.61 bits per heavy atom. The van der Waals surface area contributed by atoms with Gasteiger partial charge in [0.2, 0.25) is 5.95 Å². The van der Waals surface area contributed by atoms with Gasteiger partial charge < -0.3 is 15.0 Å². The largest absolute Gasteiger partial charge is 0.464 e. The summed E-state index contributed by atoms with van der Waals surface area (Å²) in [6.07, 6.45) is 0. The van der Waals surface area contributed by atoms with Crippen LogP contribution in [-0.2, 0) is 0 Å². The zero-order valence-electron chi connectivity index (χ0n) is 11.4. The summed E-state index contributed by atoms with van der Waals surface area (Å²) < 4.78 is 5.33. The van der Waals surface area contributed by atoms with Crippen molar-refractivity contribution >= 4 is 17.7 Å². The third kappa shape index (κ3) is 5.50. The molecule has 18 heavy (non-hydrogen) atoms. The number of hydrogen-bond donors (Lipinski definition) is 1. The Morgan fingerprint density at radius 2 is 2.00 bits per heavy atom. The van der Waals surface area contributed by atoms with Crippen molar-refractivity contribution in [3.8, 4) is 6.01 Å². The van der Waals surface area contributed by atoms with Crippen molar-refractivity contribution in [3.63, 3.8) is 0 Å². The molecule has 1 N–H and O–H groups in total. The van der Waals surface area contributed by atoms with E-state index in [4.69, 9.17) is 4.74 Å². The van der Waals surface area contributed by atoms with Crippen LogP contribution >= 0.6 is 11.8 Å². The third-order valence-corrected chi connectivity index (χ3v) is 2.80. The number of nitrogens with zero attached hydrogens (tertiary/aromatic N) is 4. The van der Waals surface area contributed by atoms with Crippen LogP contribution in [0.2, 0.25) is 0 Å². The molecule has 0 aliphatic carbocycles. The first-order chi connectivity index (χ1) is 8.65. The predicted octanol–water partition coefficient (Wildman–Crippen LogP) is 1.36. The van der Waals surface area contributed by atoms with Crippen molar-refractivity contribution in [2.45, 2.75) is 19.0 Å². The van der Waals surface area contributed by atoms with Gasteiger partial charge in [-0.25, -0.2) is 0 Å². The molecule has 1 rings (SSSR count). The fourth-order valence-corrected chi connectivity index (χ4v) is 2.09. The Labute approximate surface area is 113 Å². The van der Waals surface area contributed by atoms with Crippen molar-refractivity contribution in [1.29, 1.82) is 0 Å². The summed E-state index contributed by atoms with van der Waals surface area (Å²) in [6, 6.07) is 0.385. The molecule has 0 saturated heterocycles. The fraction of sp³-hybridized carbons (Fsp3) is 0.727. The fourth-order valence-electron chi connectivity index (χ4n) is 1.15. The molecule has 0 aliphatic rings. The van der Waals surface area contributed by atoms with Crippen LogP contribution in [0.5, 0.6) is 6.01 Å². The minimum atomic E-state index is 0.385. The Kier molecular flexibility index (Phi) is 6.74. The molecule has 0 bridgehead atoms. The van der Waals surface area contributed by atoms with Gasteiger partial charge in [0, 0.05) is 18.8 Å². The van der Waals surface area contributed by atoms with E-state index < -0.39 is 0 Å². The quantitative estimate of drug-likeness (QED) is 0.716. The summed E-state index contributed by atoms with van der Waals surface area (Å²) >= 11 is 1.60. The topological polar surface area (TPSA) is 63.2 Å². The molecule has 7 heteroatoms. The molecular weight excluding hydrogens is 250 g/mol. The van der Waals surface area contributed by atoms with Crippen LogP contribution in [0.1, 0.15) is 13.8 Å². The van der Waals surface area contributed by atoms with Crippen molar-refractivity contribution in [2.75, 3.05) is 44.9 Å². The van der Waals surface area contributed by atoms with Crippen LogP contribution in [-0.4, -0.2) is 59.4 Å². The maximum atomic E-state index is 5.33. The average Bonchev–Trinajstić information content (AvgIpc) is 2.29. The molecule has 0 atom stereocenters. The molecule has 0 radical (unpaired) electrons. The first-order valence-corrected chi connectivity index (χ1v) is 7.04. The summed E-state index contributed by atoms with van der Waals surface area (Å²) in [7, 11) is 4.09. The number of thioether (sulfide) groups is 1. The molecule has 1 heterocycles. The van der Waals surface area contributed by atoms with Gasteiger partial charge in [0.25, 0.3) is 0 Å². The van der Waals surface area contributed by atoms with E-state index in [1.54, 1.807) is 11.8 Å². The van der Waals surface area contributed by atoms with Crippen LogP contribution in [0.15, 0.2) is 5.16 Å². The summed E-state index contributed by atoms with van der Waals surface area (Å²) in [5, 5.41) is 3.78. The highest BCUT2D eigenvalue weighted by molar-refractivity contribution is 7.99. The van der Waals surface area contributed by atoms with Crippen molar-refractivity contribution < 1.29 is 4.74 Å². The molecule has 0 spiro atoms. The van der Waals surface area contributed by atoms with E-state index in [9.17, 15) is 0 Å². The Balaban J connectivity index is 2.69. The van der Waals surface area contributed by atoms with Gasteiger partial charge in [0.1, 0.15) is 0 Å². The maximum Gasteiger partial charge on any atom is 0.322 e. The highest BCUT2D eigenvalue weighted by Crippen LogP contribution is 2.17. The van der Waals surface area contributed by atoms with E-state index in [1.807, 2.05) is 27.9 Å². The lowest BCUT2D eigenvalue weighted by Gasteiger charge is -2.09. The second-order valence-electron chi connectivity index (χ2n) is 3.84. The normalized spacial score (nSPS) is 10.7. The maximum absolute atomic E-state index is 5.33. The van der Waals surface area contributed by atoms with Crippen LogP contribution < -0.4 is 10.1 Å². The number of nitrogens with one attached hydrogen (secondary N) is 1. The lowest BCUT2D eigenvalue weighted by atomic mass is 10.7. The van der Waals surface area contributed by atoms with E-state index in [0.29, 0.717) is 23.7 Å². The molecule has 0 amide bonds. The number of rotatable bonds is 8. The molecule has 102 valence electrons. The van der Waals surface area contributed by atoms with Gasteiger partial charge in [-0.15, -0.1) is 0 Å². The Bertz CT molecular complexity index is 337. The molecule has 0 aromatic carbocycles. The summed E-state index contributed by atoms with van der Waals surface area (Å²) in [4.78, 5) is 14.9. The van der Waals surface area contributed by atoms with Crippen LogP contribution in [0.4, 0.5) is 5.95 Å². The molecule has 1 aromatic rings. The van der Waals surface area contributed by atoms with Crippen molar-refractivity contribution in [3.05, 3.63) is 0 Å². The number of ether oxygens (including phenoxy) is 1. The van der Waals surface area contributed by atoms with Gasteiger partial charge in [-0.2, -0.15) is 15.0 Å². The highest BCUT2D eigenvalue weighted by Gasteiger charge is 2.07. The first kappa shape index (κ1) is 15.0. The second-order valence-corrected chi connectivity index (χ2v) is 4.90. The molecule has 1 aromatic heterocycles. The molecule has 0 fully saturated rings. The van der Waals surface area contributed by atoms with E-state index >= 15 is 0 Å². The SMILES string of the molecule is CCNc1nc(OCC)nc(SCCN(C)C)n1. The molecule has 0 aliphatic heterocycles. The minimum Gasteiger partial charge on any atom is -0.464 e. The second kappa shape index (κ2) is 8.10. The smallest absolute Gasteiger partial charge is 0.322 e. The van der Waals surface area contributed by atoms with Gasteiger partial charge in [-0.3, -0.25) is 0 Å². The van der Waals surface area contributed by atoms with Gasteiger partial charge in [-0.1, -0.05) is 11.8 Å². The zero-order chi connectivity index (χ0) is 13.4. The summed E-state index contributed by atoms with van der Waals surface area (Å²) in [5.41, 5.74) is 0. The molecule has 6 nitrogen and oxygen atoms in total. The Hall–Kier alpha value is -1.08. The van der Waals surface area contributed by atoms with Gasteiger partial charge in [0.15, 0.2) is 5.16 Å². The third-order valence-electron chi connectivity index (χ3n) is 1.97. The Morgan fingerprint density at radius 1 is 1.22 bits per heavy atom. The van der Waals surface area contributed by atoms with E-state index in [-0.39, 0.29) is 0 Å². The number of aromatic nitrogens is 3. The van der Waals surface area contributed by atoms with E-state index in [0.717, 1.165) is 18.8 Å². The van der Waals surface area contributed by atoms with Crippen LogP contribution in [0.3, 0.4) is 0 Å². The monoisotopic (exact) mass is 271 g/mol. The predicted molar refractivity (Wildman–Crippen MR) is 74.4 cm³/mol. The highest BCUT2D eigenvalue weighted by atomic mass is 32.2. The number of anilines is 1. The number of hydrogen-bond acceptors (Lipinski definition) is 7. The first-order valence-electron chi connectivity index (χ1n) is 6.06. The van der Waals surface area contributed by atoms with Crippen LogP contribution in [0, 0.1) is 0 Å². The van der Waals surface area contributed by atoms with E-state index in [1.165, 1.54) is 0 Å². The van der Waals surface area contributed by atoms with Crippen molar-refractivity contribution in [1.82, 2.24) is 19.9 Å². The van der Waals surface area contributed by atoms with E-state index in [2.05, 4.69) is 25.2 Å². The zero-order valence-corrected chi connectivity index (χ0v) is 12.3. The minimum absolute atomic E-state index is 0.385. The lowest BCUT2D eigenvalue weighted by molar-refractivity contribution is 0.308. The van der Waals surface area contributed by atoms with Gasteiger partial charge in [-0.05, 0) is 27.9 Å². The molecule has 0 unspecified atom stereocenters. The van der Waals surface area contributed by atoms with Crippen LogP contribution in [0.25, 0.3) is 0 Å². The van der Waals surface area contributed by atoms with Crippen molar-refractivity contribution in [2.24, 2.45) is 0 Å². The van der Waals surface area contributed by atoms with Gasteiger partial charge in [0.05, 0.1) is 6.61 Å². The van der Waals surface area contributed by atoms with Gasteiger partial charge >= 0.3 is 6.01 Å². The molecular formula is C11H21N5OS. The average molecular weight is 271 g/mol. The standard InChI is InChI=1S/C11H21N5OS/c1-5-12-9-13-10(17-6-2)15-11(14-9)18-8-7-16(3)4/h5-8H2,1-4H3,(H,12,13,14,15).